The highest BCUT2D eigenvalue weighted by Crippen LogP contribution is 2.62. The van der Waals surface area contributed by atoms with Gasteiger partial charge in [0, 0.05) is 5.56 Å². The highest BCUT2D eigenvalue weighted by Gasteiger charge is 2.54. The van der Waals surface area contributed by atoms with E-state index in [9.17, 15) is 0 Å². The van der Waals surface area contributed by atoms with E-state index in [2.05, 4.69) is 92.7 Å². The molecule has 0 aliphatic heterocycles. The van der Waals surface area contributed by atoms with Gasteiger partial charge in [-0.25, -0.2) is 0 Å². The smallest absolute Gasteiger partial charge is 0.189 e. The van der Waals surface area contributed by atoms with E-state index in [1.165, 1.54) is 52.4 Å². The fourth-order valence-corrected chi connectivity index (χ4v) is 9.54. The minimum Gasteiger partial charge on any atom is -0.468 e. The van der Waals surface area contributed by atoms with Gasteiger partial charge < -0.3 is 9.47 Å². The van der Waals surface area contributed by atoms with Crippen molar-refractivity contribution in [3.63, 3.8) is 0 Å². The Labute approximate surface area is 213 Å². The molecule has 4 saturated carbocycles. The zero-order valence-corrected chi connectivity index (χ0v) is 21.8. The summed E-state index contributed by atoms with van der Waals surface area (Å²) >= 11 is 0. The summed E-state index contributed by atoms with van der Waals surface area (Å²) in [5, 5.41) is 0. The first-order valence-corrected chi connectivity index (χ1v) is 14.5. The average molecular weight is 486 g/mol. The molecule has 4 aliphatic rings. The molecule has 4 fully saturated rings. The van der Waals surface area contributed by atoms with Crippen molar-refractivity contribution in [1.82, 2.24) is 0 Å². The predicted octanol–water partition coefficient (Wildman–Crippen LogP) is 7.91. The third kappa shape index (κ3) is 4.54. The van der Waals surface area contributed by atoms with E-state index in [4.69, 9.17) is 9.47 Å². The Hall–Kier alpha value is -2.23. The highest BCUT2D eigenvalue weighted by atomic mass is 32.2. The SMILES string of the molecule is Cc1cc(OCOCC2(C)C3CC4CC(C3)CC2C4)ccc1[S+](c1ccccc1)c1ccccc1. The standard InChI is InChI=1S/C32H37O2S/c1-23-15-28(34-22-33-21-32(2)26-17-24-16-25(19-26)20-27(32)18-24)13-14-31(23)35(29-9-5-3-6-10-29)30-11-7-4-8-12-30/h3-15,24-27H,16-22H2,1-2H3/q+1. The summed E-state index contributed by atoms with van der Waals surface area (Å²) in [6, 6.07) is 28.2. The monoisotopic (exact) mass is 485 g/mol. The summed E-state index contributed by atoms with van der Waals surface area (Å²) in [7, 11) is -0.140. The van der Waals surface area contributed by atoms with Crippen LogP contribution in [0.4, 0.5) is 0 Å². The maximum Gasteiger partial charge on any atom is 0.189 e. The van der Waals surface area contributed by atoms with Crippen LogP contribution in [0.5, 0.6) is 5.75 Å². The number of hydrogen-bond donors (Lipinski definition) is 0. The van der Waals surface area contributed by atoms with Crippen molar-refractivity contribution in [1.29, 1.82) is 0 Å². The summed E-state index contributed by atoms with van der Waals surface area (Å²) < 4.78 is 12.3. The highest BCUT2D eigenvalue weighted by molar-refractivity contribution is 7.97. The van der Waals surface area contributed by atoms with E-state index in [0.717, 1.165) is 36.0 Å². The first-order chi connectivity index (χ1) is 17.1. The van der Waals surface area contributed by atoms with Crippen molar-refractivity contribution in [2.75, 3.05) is 13.4 Å². The Morgan fingerprint density at radius 3 is 1.89 bits per heavy atom. The van der Waals surface area contributed by atoms with Crippen LogP contribution >= 0.6 is 0 Å². The predicted molar refractivity (Wildman–Crippen MR) is 143 cm³/mol. The van der Waals surface area contributed by atoms with Crippen LogP contribution in [-0.2, 0) is 15.6 Å². The number of aryl methyl sites for hydroxylation is 1. The molecule has 0 heterocycles. The first-order valence-electron chi connectivity index (χ1n) is 13.3. The van der Waals surface area contributed by atoms with Gasteiger partial charge in [-0.1, -0.05) is 43.3 Å². The van der Waals surface area contributed by atoms with Crippen molar-refractivity contribution in [2.45, 2.75) is 60.6 Å². The zero-order chi connectivity index (χ0) is 23.8. The normalized spacial score (nSPS) is 29.0. The van der Waals surface area contributed by atoms with Crippen molar-refractivity contribution in [3.05, 3.63) is 84.4 Å². The Morgan fingerprint density at radius 1 is 0.771 bits per heavy atom. The van der Waals surface area contributed by atoms with Crippen LogP contribution in [-0.4, -0.2) is 13.4 Å². The Bertz CT molecular complexity index is 1080. The van der Waals surface area contributed by atoms with Crippen LogP contribution in [0.1, 0.15) is 44.6 Å². The molecule has 0 spiro atoms. The minimum atomic E-state index is -0.140. The van der Waals surface area contributed by atoms with Crippen molar-refractivity contribution in [3.8, 4) is 5.75 Å². The number of benzene rings is 3. The van der Waals surface area contributed by atoms with E-state index in [1.807, 2.05) is 0 Å². The molecule has 0 radical (unpaired) electrons. The zero-order valence-electron chi connectivity index (χ0n) is 21.0. The van der Waals surface area contributed by atoms with Crippen LogP contribution in [0.3, 0.4) is 0 Å². The molecule has 3 heteroatoms. The second-order valence-electron chi connectivity index (χ2n) is 11.3. The van der Waals surface area contributed by atoms with Crippen molar-refractivity contribution in [2.24, 2.45) is 29.1 Å². The molecule has 0 amide bonds. The van der Waals surface area contributed by atoms with Crippen molar-refractivity contribution >= 4 is 10.9 Å². The fraction of sp³-hybridized carbons (Fsp3) is 0.438. The maximum atomic E-state index is 6.20. The van der Waals surface area contributed by atoms with Gasteiger partial charge in [0.2, 0.25) is 0 Å². The number of ether oxygens (including phenoxy) is 2. The van der Waals surface area contributed by atoms with Crippen LogP contribution in [0.15, 0.2) is 93.5 Å². The van der Waals surface area contributed by atoms with Crippen LogP contribution < -0.4 is 4.74 Å². The molecule has 0 unspecified atom stereocenters. The lowest BCUT2D eigenvalue weighted by molar-refractivity contribution is -0.147. The molecule has 0 N–H and O–H groups in total. The molecule has 4 bridgehead atoms. The third-order valence-corrected chi connectivity index (χ3v) is 11.4. The van der Waals surface area contributed by atoms with E-state index in [-0.39, 0.29) is 10.9 Å². The van der Waals surface area contributed by atoms with Gasteiger partial charge in [0.1, 0.15) is 5.75 Å². The molecular weight excluding hydrogens is 448 g/mol. The van der Waals surface area contributed by atoms with Gasteiger partial charge in [0.25, 0.3) is 0 Å². The number of hydrogen-bond acceptors (Lipinski definition) is 2. The summed E-state index contributed by atoms with van der Waals surface area (Å²) in [6.45, 7) is 5.87. The van der Waals surface area contributed by atoms with Gasteiger partial charge in [-0.2, -0.15) is 0 Å². The lowest BCUT2D eigenvalue weighted by Crippen LogP contribution is -2.53. The Kier molecular flexibility index (Phi) is 6.41. The maximum absolute atomic E-state index is 6.20. The fourth-order valence-electron chi connectivity index (χ4n) is 7.31. The summed E-state index contributed by atoms with van der Waals surface area (Å²) in [5.74, 6) is 4.61. The lowest BCUT2D eigenvalue weighted by Gasteiger charge is -2.60. The molecule has 35 heavy (non-hydrogen) atoms. The summed E-state index contributed by atoms with van der Waals surface area (Å²) in [5.41, 5.74) is 1.60. The Morgan fingerprint density at radius 2 is 1.34 bits per heavy atom. The molecule has 3 aromatic rings. The minimum absolute atomic E-state index is 0.140. The molecule has 3 aromatic carbocycles. The first kappa shape index (κ1) is 23.2. The van der Waals surface area contributed by atoms with Gasteiger partial charge in [0.15, 0.2) is 21.5 Å². The average Bonchev–Trinajstić information content (AvgIpc) is 2.88. The molecule has 182 valence electrons. The summed E-state index contributed by atoms with van der Waals surface area (Å²) in [4.78, 5) is 4.02. The topological polar surface area (TPSA) is 18.5 Å². The van der Waals surface area contributed by atoms with Gasteiger partial charge in [-0.3, -0.25) is 0 Å². The van der Waals surface area contributed by atoms with Gasteiger partial charge in [-0.05, 0) is 111 Å². The van der Waals surface area contributed by atoms with E-state index in [1.54, 1.807) is 0 Å². The van der Waals surface area contributed by atoms with Gasteiger partial charge >= 0.3 is 0 Å². The third-order valence-electron chi connectivity index (χ3n) is 9.05. The number of rotatable bonds is 8. The molecule has 0 aromatic heterocycles. The van der Waals surface area contributed by atoms with E-state index < -0.39 is 0 Å². The van der Waals surface area contributed by atoms with Crippen LogP contribution in [0.25, 0.3) is 0 Å². The van der Waals surface area contributed by atoms with Crippen LogP contribution in [0, 0.1) is 36.0 Å². The quantitative estimate of drug-likeness (QED) is 0.183. The van der Waals surface area contributed by atoms with Crippen molar-refractivity contribution < 1.29 is 9.47 Å². The Balaban J connectivity index is 1.12. The summed E-state index contributed by atoms with van der Waals surface area (Å²) in [6.07, 6.45) is 7.22. The van der Waals surface area contributed by atoms with E-state index in [0.29, 0.717) is 12.2 Å². The molecule has 2 nitrogen and oxygen atoms in total. The second kappa shape index (κ2) is 9.67. The van der Waals surface area contributed by atoms with Gasteiger partial charge in [-0.15, -0.1) is 0 Å². The largest absolute Gasteiger partial charge is 0.468 e. The lowest BCUT2D eigenvalue weighted by atomic mass is 9.46. The molecule has 4 aliphatic carbocycles. The molecule has 0 saturated heterocycles. The van der Waals surface area contributed by atoms with E-state index >= 15 is 0 Å². The van der Waals surface area contributed by atoms with Gasteiger partial charge in [0.05, 0.1) is 17.5 Å². The molecule has 0 atom stereocenters. The molecular formula is C32H37O2S+. The molecule has 7 rings (SSSR count). The van der Waals surface area contributed by atoms with Crippen LogP contribution in [0.2, 0.25) is 0 Å². The second-order valence-corrected chi connectivity index (χ2v) is 13.3.